The first-order chi connectivity index (χ1) is 19.1. The molecule has 2 aromatic rings. The molecule has 3 atom stereocenters. The van der Waals surface area contributed by atoms with Gasteiger partial charge in [0.1, 0.15) is 36.7 Å². The van der Waals surface area contributed by atoms with Crippen molar-refractivity contribution in [3.05, 3.63) is 11.1 Å². The number of nitrogen functional groups attached to an aromatic ring is 1. The topological polar surface area (TPSA) is 250 Å². The Morgan fingerprint density at radius 3 is 2.67 bits per heavy atom. The van der Waals surface area contributed by atoms with Crippen molar-refractivity contribution in [3.8, 4) is 0 Å². The summed E-state index contributed by atoms with van der Waals surface area (Å²) >= 11 is 3.32. The fraction of sp³-hybridized carbons (Fsp3) is 0.474. The molecule has 4 rings (SSSR count). The molecule has 0 bridgehead atoms. The number of carbonyl (C=O) groups is 4. The third-order valence-electron chi connectivity index (χ3n) is 5.77. The van der Waals surface area contributed by atoms with E-state index in [1.54, 1.807) is 0 Å². The number of hydrogen-bond acceptors (Lipinski definition) is 16. The number of anilines is 1. The van der Waals surface area contributed by atoms with Crippen molar-refractivity contribution < 1.29 is 39.1 Å². The lowest BCUT2D eigenvalue weighted by Crippen LogP contribution is -2.74. The summed E-state index contributed by atoms with van der Waals surface area (Å²) in [7, 11) is 2.45. The number of nitrogens with one attached hydrogen (secondary N) is 1. The van der Waals surface area contributed by atoms with Gasteiger partial charge >= 0.3 is 11.9 Å². The van der Waals surface area contributed by atoms with Crippen molar-refractivity contribution in [1.82, 2.24) is 35.4 Å². The van der Waals surface area contributed by atoms with Crippen molar-refractivity contribution >= 4 is 75.2 Å². The minimum atomic E-state index is -1.37. The zero-order valence-electron chi connectivity index (χ0n) is 20.8. The SMILES string of the molecule is CON=C(Cn1nnnc1SCC1(C(=O)O)CS[C@@H]2C(NC(=O)C(=NOC)c3csc(N)n3)C(=O)N2C1)C(=O)O. The molecule has 2 aromatic heterocycles. The third-order valence-corrected chi connectivity index (χ3v) is 9.28. The molecule has 18 nitrogen and oxygen atoms in total. The molecule has 0 aliphatic carbocycles. The van der Waals surface area contributed by atoms with E-state index in [1.807, 2.05) is 0 Å². The predicted octanol–water partition coefficient (Wildman–Crippen LogP) is -1.59. The number of β-lactam (4-membered cyclic amide) rings is 1. The second kappa shape index (κ2) is 12.0. The summed E-state index contributed by atoms with van der Waals surface area (Å²) < 4.78 is 1.15. The maximum atomic E-state index is 13.0. The Balaban J connectivity index is 1.42. The third kappa shape index (κ3) is 5.79. The molecular weight excluding hydrogens is 592 g/mol. The van der Waals surface area contributed by atoms with Crippen molar-refractivity contribution in [2.45, 2.75) is 23.1 Å². The van der Waals surface area contributed by atoms with Crippen LogP contribution in [0.1, 0.15) is 5.69 Å². The van der Waals surface area contributed by atoms with E-state index in [-0.39, 0.29) is 52.0 Å². The van der Waals surface area contributed by atoms with E-state index in [9.17, 15) is 29.4 Å². The van der Waals surface area contributed by atoms with Gasteiger partial charge in [-0.1, -0.05) is 22.1 Å². The summed E-state index contributed by atoms with van der Waals surface area (Å²) in [4.78, 5) is 64.3. The largest absolute Gasteiger partial charge is 0.481 e. The molecule has 0 radical (unpaired) electrons. The number of carboxylic acids is 2. The van der Waals surface area contributed by atoms with E-state index in [4.69, 9.17) is 10.6 Å². The van der Waals surface area contributed by atoms with Crippen molar-refractivity contribution in [2.75, 3.05) is 38.0 Å². The lowest BCUT2D eigenvalue weighted by Gasteiger charge is -2.53. The number of aliphatic carboxylic acids is 2. The standard InChI is InChI=1S/C19H22N10O8S3/c1-36-24-8(15(32)33)3-29-18(23-26-27-29)40-7-19(16(34)35)5-28-13(31)11(14(28)39-6-19)22-12(30)10(25-37-2)9-4-38-17(20)21-9/h4,11,14H,3,5-7H2,1-2H3,(H2,20,21)(H,22,30)(H,32,33)(H,34,35)/t11?,14-,19?/m1/s1. The molecule has 214 valence electrons. The van der Waals surface area contributed by atoms with Crippen LogP contribution in [0.4, 0.5) is 5.13 Å². The number of aromatic nitrogens is 5. The lowest BCUT2D eigenvalue weighted by atomic mass is 9.89. The second-order valence-electron chi connectivity index (χ2n) is 8.33. The van der Waals surface area contributed by atoms with Gasteiger partial charge in [-0.25, -0.2) is 14.5 Å². The Bertz CT molecular complexity index is 1380. The van der Waals surface area contributed by atoms with Crippen molar-refractivity contribution in [1.29, 1.82) is 0 Å². The number of fused-ring (bicyclic) bond motifs is 1. The maximum Gasteiger partial charge on any atom is 0.355 e. The van der Waals surface area contributed by atoms with Crippen LogP contribution in [-0.4, -0.2) is 119 Å². The minimum absolute atomic E-state index is 0.0249. The molecule has 40 heavy (non-hydrogen) atoms. The monoisotopic (exact) mass is 614 g/mol. The number of amides is 2. The van der Waals surface area contributed by atoms with Gasteiger partial charge in [0.15, 0.2) is 16.6 Å². The number of thiazole rings is 1. The highest BCUT2D eigenvalue weighted by atomic mass is 32.2. The number of hydrogen-bond donors (Lipinski definition) is 4. The van der Waals surface area contributed by atoms with Gasteiger partial charge in [0.05, 0.1) is 6.54 Å². The lowest BCUT2D eigenvalue weighted by molar-refractivity contribution is -0.157. The van der Waals surface area contributed by atoms with Crippen molar-refractivity contribution in [2.24, 2.45) is 15.7 Å². The normalized spacial score (nSPS) is 22.8. The van der Waals surface area contributed by atoms with Gasteiger partial charge in [-0.2, -0.15) is 0 Å². The number of tetrazole rings is 1. The Labute approximate surface area is 237 Å². The van der Waals surface area contributed by atoms with Gasteiger partial charge in [0, 0.05) is 23.4 Å². The number of nitrogens with zero attached hydrogens (tertiary/aromatic N) is 8. The van der Waals surface area contributed by atoms with Gasteiger partial charge in [0.2, 0.25) is 11.1 Å². The van der Waals surface area contributed by atoms with Gasteiger partial charge in [-0.05, 0) is 10.4 Å². The molecular formula is C19H22N10O8S3. The molecule has 0 aromatic carbocycles. The molecule has 5 N–H and O–H groups in total. The summed E-state index contributed by atoms with van der Waals surface area (Å²) in [5, 5.41) is 41.7. The average molecular weight is 615 g/mol. The van der Waals surface area contributed by atoms with Gasteiger partial charge in [-0.15, -0.1) is 28.2 Å². The number of carboxylic acid groups (broad SMARTS) is 2. The quantitative estimate of drug-likeness (QED) is 0.0910. The number of nitrogens with two attached hydrogens (primary N) is 1. The Morgan fingerprint density at radius 1 is 1.30 bits per heavy atom. The smallest absolute Gasteiger partial charge is 0.355 e. The fourth-order valence-electron chi connectivity index (χ4n) is 3.80. The molecule has 2 unspecified atom stereocenters. The molecule has 21 heteroatoms. The van der Waals surface area contributed by atoms with Crippen LogP contribution in [0, 0.1) is 5.41 Å². The molecule has 0 saturated carbocycles. The molecule has 2 saturated heterocycles. The first-order valence-electron chi connectivity index (χ1n) is 11.1. The van der Waals surface area contributed by atoms with Crippen LogP contribution >= 0.6 is 34.9 Å². The highest BCUT2D eigenvalue weighted by molar-refractivity contribution is 8.00. The summed E-state index contributed by atoms with van der Waals surface area (Å²) in [6, 6.07) is -0.906. The summed E-state index contributed by atoms with van der Waals surface area (Å²) in [5.41, 5.74) is 3.94. The second-order valence-corrected chi connectivity index (χ2v) is 11.3. The van der Waals surface area contributed by atoms with Crippen LogP contribution in [0.15, 0.2) is 20.8 Å². The molecule has 2 aliphatic rings. The van der Waals surface area contributed by atoms with Gasteiger partial charge in [0.25, 0.3) is 5.91 Å². The van der Waals surface area contributed by atoms with E-state index >= 15 is 0 Å². The number of oxime groups is 2. The van der Waals surface area contributed by atoms with E-state index in [2.05, 4.69) is 41.0 Å². The highest BCUT2D eigenvalue weighted by Gasteiger charge is 2.57. The zero-order valence-corrected chi connectivity index (χ0v) is 23.2. The minimum Gasteiger partial charge on any atom is -0.481 e. The van der Waals surface area contributed by atoms with Crippen LogP contribution in [0.25, 0.3) is 0 Å². The highest BCUT2D eigenvalue weighted by Crippen LogP contribution is 2.44. The predicted molar refractivity (Wildman–Crippen MR) is 141 cm³/mol. The van der Waals surface area contributed by atoms with E-state index < -0.39 is 40.6 Å². The van der Waals surface area contributed by atoms with Crippen LogP contribution in [0.5, 0.6) is 0 Å². The Morgan fingerprint density at radius 2 is 2.05 bits per heavy atom. The average Bonchev–Trinajstić information content (AvgIpc) is 3.56. The van der Waals surface area contributed by atoms with Crippen LogP contribution in [0.3, 0.4) is 0 Å². The maximum absolute atomic E-state index is 13.0. The molecule has 2 aliphatic heterocycles. The molecule has 0 spiro atoms. The van der Waals surface area contributed by atoms with E-state index in [0.29, 0.717) is 0 Å². The van der Waals surface area contributed by atoms with E-state index in [0.717, 1.165) is 27.8 Å². The zero-order chi connectivity index (χ0) is 29.0. The number of carbonyl (C=O) groups excluding carboxylic acids is 2. The van der Waals surface area contributed by atoms with E-state index in [1.165, 1.54) is 36.3 Å². The first-order valence-corrected chi connectivity index (χ1v) is 14.0. The summed E-state index contributed by atoms with van der Waals surface area (Å²) in [6.45, 7) is -0.434. The number of rotatable bonds is 12. The molecule has 2 amide bonds. The fourth-order valence-corrected chi connectivity index (χ4v) is 7.08. The van der Waals surface area contributed by atoms with Crippen LogP contribution < -0.4 is 11.1 Å². The van der Waals surface area contributed by atoms with Crippen LogP contribution in [-0.2, 0) is 35.4 Å². The summed E-state index contributed by atoms with van der Waals surface area (Å²) in [5.74, 6) is -3.52. The summed E-state index contributed by atoms with van der Waals surface area (Å²) in [6.07, 6.45) is 0. The van der Waals surface area contributed by atoms with Gasteiger partial charge in [-0.3, -0.25) is 14.4 Å². The van der Waals surface area contributed by atoms with Gasteiger partial charge < -0.3 is 35.8 Å². The first kappa shape index (κ1) is 29.0. The number of thioether (sulfide) groups is 2. The van der Waals surface area contributed by atoms with Crippen molar-refractivity contribution in [3.63, 3.8) is 0 Å². The molecule has 4 heterocycles. The molecule has 2 fully saturated rings. The Kier molecular flexibility index (Phi) is 8.73. The Hall–Kier alpha value is -3.98. The van der Waals surface area contributed by atoms with Crippen LogP contribution in [0.2, 0.25) is 0 Å².